The van der Waals surface area contributed by atoms with Crippen LogP contribution in [0.5, 0.6) is 11.5 Å². The molecule has 0 saturated heterocycles. The van der Waals surface area contributed by atoms with Crippen molar-refractivity contribution in [2.75, 3.05) is 0 Å². The van der Waals surface area contributed by atoms with E-state index in [1.54, 1.807) is 0 Å². The van der Waals surface area contributed by atoms with Crippen LogP contribution >= 0.6 is 0 Å². The van der Waals surface area contributed by atoms with E-state index in [2.05, 4.69) is 0 Å². The molecule has 23 heavy (non-hydrogen) atoms. The predicted octanol–water partition coefficient (Wildman–Crippen LogP) is 4.15. The molecule has 3 aromatic carbocycles. The fourth-order valence-corrected chi connectivity index (χ4v) is 2.82. The van der Waals surface area contributed by atoms with Crippen molar-refractivity contribution in [3.63, 3.8) is 0 Å². The lowest BCUT2D eigenvalue weighted by molar-refractivity contribution is -0.132. The van der Waals surface area contributed by atoms with Gasteiger partial charge in [0.15, 0.2) is 0 Å². The van der Waals surface area contributed by atoms with Gasteiger partial charge in [-0.1, -0.05) is 42.5 Å². The van der Waals surface area contributed by atoms with E-state index < -0.39 is 5.97 Å². The molecule has 0 saturated carbocycles. The van der Waals surface area contributed by atoms with Crippen molar-refractivity contribution < 1.29 is 19.1 Å². The fraction of sp³-hybridized carbons (Fsp3) is 0.158. The number of carbonyl (C=O) groups excluding carboxylic acids is 2. The summed E-state index contributed by atoms with van der Waals surface area (Å²) in [5, 5.41) is 2.99. The van der Waals surface area contributed by atoms with E-state index in [1.807, 2.05) is 49.4 Å². The largest absolute Gasteiger partial charge is 0.425 e. The summed E-state index contributed by atoms with van der Waals surface area (Å²) in [6, 6.07) is 13.1. The summed E-state index contributed by atoms with van der Waals surface area (Å²) in [4.78, 5) is 23.1. The van der Waals surface area contributed by atoms with Crippen LogP contribution in [-0.4, -0.2) is 11.9 Å². The highest BCUT2D eigenvalue weighted by molar-refractivity contribution is 6.13. The van der Waals surface area contributed by atoms with E-state index in [1.165, 1.54) is 13.8 Å². The summed E-state index contributed by atoms with van der Waals surface area (Å²) in [7, 11) is 0. The van der Waals surface area contributed by atoms with Gasteiger partial charge in [-0.3, -0.25) is 9.59 Å². The molecule has 0 aromatic heterocycles. The van der Waals surface area contributed by atoms with Gasteiger partial charge in [-0.15, -0.1) is 0 Å². The normalized spacial score (nSPS) is 10.7. The Bertz CT molecular complexity index is 941. The first-order chi connectivity index (χ1) is 11.0. The number of hydrogen-bond donors (Lipinski definition) is 0. The average Bonchev–Trinajstić information content (AvgIpc) is 2.50. The molecule has 0 N–H and O–H groups in total. The summed E-state index contributed by atoms with van der Waals surface area (Å²) in [5.74, 6) is 0.206. The van der Waals surface area contributed by atoms with Crippen LogP contribution in [0.2, 0.25) is 0 Å². The lowest BCUT2D eigenvalue weighted by Crippen LogP contribution is -2.06. The van der Waals surface area contributed by atoms with Gasteiger partial charge >= 0.3 is 11.9 Å². The van der Waals surface area contributed by atoms with E-state index in [9.17, 15) is 9.59 Å². The van der Waals surface area contributed by atoms with Crippen LogP contribution in [0.4, 0.5) is 0 Å². The molecule has 0 aliphatic carbocycles. The quantitative estimate of drug-likeness (QED) is 0.405. The van der Waals surface area contributed by atoms with E-state index >= 15 is 0 Å². The maximum Gasteiger partial charge on any atom is 0.308 e. The molecular formula is C19H16O4. The number of aryl methyl sites for hydroxylation is 1. The second-order valence-electron chi connectivity index (χ2n) is 5.39. The molecule has 0 aliphatic rings. The maximum absolute atomic E-state index is 11.6. The molecule has 0 aliphatic heterocycles. The van der Waals surface area contributed by atoms with Crippen LogP contribution in [0.25, 0.3) is 21.5 Å². The van der Waals surface area contributed by atoms with Crippen molar-refractivity contribution in [1.29, 1.82) is 0 Å². The number of ether oxygens (including phenoxy) is 2. The lowest BCUT2D eigenvalue weighted by Gasteiger charge is -2.16. The maximum atomic E-state index is 11.6. The van der Waals surface area contributed by atoms with Crippen molar-refractivity contribution in [3.8, 4) is 11.5 Å². The van der Waals surface area contributed by atoms with Gasteiger partial charge < -0.3 is 9.47 Å². The van der Waals surface area contributed by atoms with Crippen molar-refractivity contribution in [1.82, 2.24) is 0 Å². The van der Waals surface area contributed by atoms with Crippen molar-refractivity contribution in [2.24, 2.45) is 0 Å². The topological polar surface area (TPSA) is 52.6 Å². The monoisotopic (exact) mass is 308 g/mol. The minimum absolute atomic E-state index is 0.389. The molecule has 3 aromatic rings. The summed E-state index contributed by atoms with van der Waals surface area (Å²) < 4.78 is 11.0. The average molecular weight is 308 g/mol. The van der Waals surface area contributed by atoms with Gasteiger partial charge in [0, 0.05) is 35.4 Å². The minimum Gasteiger partial charge on any atom is -0.425 e. The molecule has 0 atom stereocenters. The Balaban J connectivity index is 2.53. The Morgan fingerprint density at radius 3 is 1.87 bits per heavy atom. The first-order valence-corrected chi connectivity index (χ1v) is 7.30. The van der Waals surface area contributed by atoms with Gasteiger partial charge in [0.2, 0.25) is 0 Å². The third kappa shape index (κ3) is 2.63. The highest BCUT2D eigenvalue weighted by Gasteiger charge is 2.19. The number of hydrogen-bond acceptors (Lipinski definition) is 4. The van der Waals surface area contributed by atoms with E-state index in [4.69, 9.17) is 9.47 Å². The highest BCUT2D eigenvalue weighted by atomic mass is 16.5. The van der Waals surface area contributed by atoms with E-state index in [0.29, 0.717) is 11.5 Å². The molecule has 0 spiro atoms. The number of esters is 2. The summed E-state index contributed by atoms with van der Waals surface area (Å²) >= 11 is 0. The molecule has 116 valence electrons. The van der Waals surface area contributed by atoms with Crippen LogP contribution in [0.1, 0.15) is 19.4 Å². The summed E-state index contributed by atoms with van der Waals surface area (Å²) in [6.45, 7) is 4.68. The zero-order valence-electron chi connectivity index (χ0n) is 13.2. The molecule has 0 radical (unpaired) electrons. The molecular weight excluding hydrogens is 292 g/mol. The van der Waals surface area contributed by atoms with Gasteiger partial charge in [0.05, 0.1) is 0 Å². The second kappa shape index (κ2) is 5.72. The zero-order chi connectivity index (χ0) is 16.6. The third-order valence-electron chi connectivity index (χ3n) is 3.65. The van der Waals surface area contributed by atoms with E-state index in [0.717, 1.165) is 27.1 Å². The molecule has 0 bridgehead atoms. The molecule has 3 rings (SSSR count). The summed E-state index contributed by atoms with van der Waals surface area (Å²) in [6.07, 6.45) is 0. The Hall–Kier alpha value is -2.88. The standard InChI is InChI=1S/C19H16O4/c1-11-7-6-10-16-17(11)19(23-13(3)21)15-9-5-4-8-14(15)18(16)22-12(2)20/h4-10H,1-3H3. The predicted molar refractivity (Wildman–Crippen MR) is 88.8 cm³/mol. The van der Waals surface area contributed by atoms with Gasteiger partial charge in [-0.05, 0) is 12.5 Å². The number of rotatable bonds is 2. The Labute approximate surface area is 133 Å². The molecule has 0 heterocycles. The van der Waals surface area contributed by atoms with Crippen LogP contribution < -0.4 is 9.47 Å². The van der Waals surface area contributed by atoms with Gasteiger partial charge in [-0.2, -0.15) is 0 Å². The van der Waals surface area contributed by atoms with Gasteiger partial charge in [0.25, 0.3) is 0 Å². The Morgan fingerprint density at radius 1 is 0.739 bits per heavy atom. The molecule has 0 unspecified atom stereocenters. The second-order valence-corrected chi connectivity index (χ2v) is 5.39. The van der Waals surface area contributed by atoms with Gasteiger partial charge in [-0.25, -0.2) is 0 Å². The molecule has 4 heteroatoms. The van der Waals surface area contributed by atoms with Crippen LogP contribution in [0.15, 0.2) is 42.5 Å². The van der Waals surface area contributed by atoms with Crippen LogP contribution in [0, 0.1) is 6.92 Å². The third-order valence-corrected chi connectivity index (χ3v) is 3.65. The molecule has 0 fully saturated rings. The van der Waals surface area contributed by atoms with Crippen LogP contribution in [0.3, 0.4) is 0 Å². The first kappa shape index (κ1) is 15.0. The van der Waals surface area contributed by atoms with Crippen molar-refractivity contribution >= 4 is 33.5 Å². The zero-order valence-corrected chi connectivity index (χ0v) is 13.2. The highest BCUT2D eigenvalue weighted by Crippen LogP contribution is 2.44. The van der Waals surface area contributed by atoms with Crippen molar-refractivity contribution in [2.45, 2.75) is 20.8 Å². The minimum atomic E-state index is -0.391. The van der Waals surface area contributed by atoms with E-state index in [-0.39, 0.29) is 5.97 Å². The Morgan fingerprint density at radius 2 is 1.26 bits per heavy atom. The smallest absolute Gasteiger partial charge is 0.308 e. The molecule has 4 nitrogen and oxygen atoms in total. The number of benzene rings is 3. The lowest BCUT2D eigenvalue weighted by atomic mass is 9.97. The van der Waals surface area contributed by atoms with Crippen molar-refractivity contribution in [3.05, 3.63) is 48.0 Å². The fourth-order valence-electron chi connectivity index (χ4n) is 2.82. The summed E-state index contributed by atoms with van der Waals surface area (Å²) in [5.41, 5.74) is 0.943. The molecule has 0 amide bonds. The van der Waals surface area contributed by atoms with Gasteiger partial charge in [0.1, 0.15) is 11.5 Å². The number of fused-ring (bicyclic) bond motifs is 2. The first-order valence-electron chi connectivity index (χ1n) is 7.30. The number of carbonyl (C=O) groups is 2. The van der Waals surface area contributed by atoms with Crippen LogP contribution in [-0.2, 0) is 9.59 Å². The Kier molecular flexibility index (Phi) is 3.74. The SMILES string of the molecule is CC(=O)Oc1c2ccccc2c(OC(C)=O)c2c(C)cccc12.